The highest BCUT2D eigenvalue weighted by Crippen LogP contribution is 2.20. The first-order valence-corrected chi connectivity index (χ1v) is 5.46. The van der Waals surface area contributed by atoms with Crippen LogP contribution in [0.4, 0.5) is 0 Å². The molecule has 0 saturated heterocycles. The lowest BCUT2D eigenvalue weighted by Gasteiger charge is -2.30. The number of nitrogens with one attached hydrogen (secondary N) is 1. The maximum atomic E-state index is 11.5. The zero-order valence-corrected chi connectivity index (χ0v) is 9.84. The van der Waals surface area contributed by atoms with Crippen LogP contribution in [0.15, 0.2) is 11.6 Å². The quantitative estimate of drug-likeness (QED) is 0.559. The van der Waals surface area contributed by atoms with Gasteiger partial charge in [-0.2, -0.15) is 0 Å². The summed E-state index contributed by atoms with van der Waals surface area (Å²) in [7, 11) is 0. The molecular formula is C11H17NO5. The van der Waals surface area contributed by atoms with Crippen molar-refractivity contribution in [2.45, 2.75) is 38.5 Å². The molecule has 1 aliphatic carbocycles. The number of aliphatic hydroxyl groups excluding tert-OH is 2. The summed E-state index contributed by atoms with van der Waals surface area (Å²) in [6.45, 7) is 3.22. The summed E-state index contributed by atoms with van der Waals surface area (Å²) in [6.07, 6.45) is -0.880. The Balaban J connectivity index is 2.78. The number of rotatable bonds is 3. The first-order chi connectivity index (χ1) is 7.95. The summed E-state index contributed by atoms with van der Waals surface area (Å²) in [5.74, 6) is -0.861. The zero-order valence-electron chi connectivity index (χ0n) is 9.84. The van der Waals surface area contributed by atoms with E-state index in [-0.39, 0.29) is 24.5 Å². The van der Waals surface area contributed by atoms with Crippen LogP contribution in [0, 0.1) is 0 Å². The van der Waals surface area contributed by atoms with E-state index in [1.165, 1.54) is 13.0 Å². The summed E-state index contributed by atoms with van der Waals surface area (Å²) in [6, 6.07) is -0.674. The maximum Gasteiger partial charge on any atom is 0.333 e. The highest BCUT2D eigenvalue weighted by atomic mass is 16.5. The van der Waals surface area contributed by atoms with E-state index in [4.69, 9.17) is 4.74 Å². The van der Waals surface area contributed by atoms with Crippen molar-refractivity contribution in [1.82, 2.24) is 5.32 Å². The number of ether oxygens (including phenoxy) is 1. The van der Waals surface area contributed by atoms with Gasteiger partial charge < -0.3 is 20.3 Å². The second-order valence-corrected chi connectivity index (χ2v) is 3.90. The van der Waals surface area contributed by atoms with Crippen molar-refractivity contribution >= 4 is 11.9 Å². The minimum Gasteiger partial charge on any atom is -0.463 e. The maximum absolute atomic E-state index is 11.5. The molecule has 0 radical (unpaired) electrons. The van der Waals surface area contributed by atoms with Crippen molar-refractivity contribution in [3.8, 4) is 0 Å². The van der Waals surface area contributed by atoms with Crippen LogP contribution in [0.2, 0.25) is 0 Å². The largest absolute Gasteiger partial charge is 0.463 e. The molecule has 3 N–H and O–H groups in total. The summed E-state index contributed by atoms with van der Waals surface area (Å²) < 4.78 is 4.81. The van der Waals surface area contributed by atoms with Crippen LogP contribution in [0.5, 0.6) is 0 Å². The SMILES string of the molecule is CCOC(=O)C1=C[C@@H](O)[C@@H](O)[C@H](NC(C)=O)C1. The number of carbonyl (C=O) groups is 2. The molecule has 0 aliphatic heterocycles. The van der Waals surface area contributed by atoms with E-state index in [0.29, 0.717) is 0 Å². The van der Waals surface area contributed by atoms with Gasteiger partial charge in [-0.25, -0.2) is 4.79 Å². The van der Waals surface area contributed by atoms with E-state index in [9.17, 15) is 19.8 Å². The van der Waals surface area contributed by atoms with Crippen LogP contribution >= 0.6 is 0 Å². The molecular weight excluding hydrogens is 226 g/mol. The van der Waals surface area contributed by atoms with Crippen LogP contribution in [0.1, 0.15) is 20.3 Å². The van der Waals surface area contributed by atoms with Gasteiger partial charge >= 0.3 is 5.97 Å². The molecule has 0 heterocycles. The predicted molar refractivity (Wildman–Crippen MR) is 59.0 cm³/mol. The van der Waals surface area contributed by atoms with Crippen LogP contribution in [0.25, 0.3) is 0 Å². The molecule has 0 unspecified atom stereocenters. The smallest absolute Gasteiger partial charge is 0.333 e. The van der Waals surface area contributed by atoms with Crippen LogP contribution < -0.4 is 5.32 Å². The molecule has 6 nitrogen and oxygen atoms in total. The number of hydrogen-bond donors (Lipinski definition) is 3. The topological polar surface area (TPSA) is 95.9 Å². The first kappa shape index (κ1) is 13.7. The number of carbonyl (C=O) groups excluding carboxylic acids is 2. The summed E-state index contributed by atoms with van der Waals surface area (Å²) in [5, 5.41) is 21.7. The normalized spacial score (nSPS) is 28.2. The average Bonchev–Trinajstić information content (AvgIpc) is 2.24. The van der Waals surface area contributed by atoms with E-state index in [1.54, 1.807) is 6.92 Å². The fraction of sp³-hybridized carbons (Fsp3) is 0.636. The van der Waals surface area contributed by atoms with Crippen LogP contribution in [-0.2, 0) is 14.3 Å². The monoisotopic (exact) mass is 243 g/mol. The Morgan fingerprint density at radius 3 is 2.71 bits per heavy atom. The van der Waals surface area contributed by atoms with Gasteiger partial charge in [0.05, 0.1) is 12.6 Å². The molecule has 0 aromatic heterocycles. The number of aliphatic hydroxyl groups is 2. The zero-order chi connectivity index (χ0) is 13.0. The Morgan fingerprint density at radius 2 is 2.18 bits per heavy atom. The van der Waals surface area contributed by atoms with E-state index in [0.717, 1.165) is 0 Å². The molecule has 1 amide bonds. The summed E-state index contributed by atoms with van der Waals surface area (Å²) >= 11 is 0. The minimum absolute atomic E-state index is 0.149. The third kappa shape index (κ3) is 3.54. The van der Waals surface area contributed by atoms with Crippen molar-refractivity contribution in [3.05, 3.63) is 11.6 Å². The van der Waals surface area contributed by atoms with Crippen molar-refractivity contribution in [3.63, 3.8) is 0 Å². The molecule has 0 spiro atoms. The Hall–Kier alpha value is -1.40. The minimum atomic E-state index is -1.18. The van der Waals surface area contributed by atoms with Gasteiger partial charge in [0.2, 0.25) is 5.91 Å². The van der Waals surface area contributed by atoms with Gasteiger partial charge in [0.25, 0.3) is 0 Å². The number of hydrogen-bond acceptors (Lipinski definition) is 5. The molecule has 96 valence electrons. The van der Waals surface area contributed by atoms with Crippen molar-refractivity contribution in [1.29, 1.82) is 0 Å². The molecule has 0 aromatic carbocycles. The van der Waals surface area contributed by atoms with Gasteiger partial charge in [0.1, 0.15) is 12.2 Å². The first-order valence-electron chi connectivity index (χ1n) is 5.46. The molecule has 1 aliphatic rings. The molecule has 0 aromatic rings. The molecule has 17 heavy (non-hydrogen) atoms. The van der Waals surface area contributed by atoms with Crippen LogP contribution in [-0.4, -0.2) is 46.9 Å². The van der Waals surface area contributed by atoms with Gasteiger partial charge in [0.15, 0.2) is 0 Å². The van der Waals surface area contributed by atoms with E-state index >= 15 is 0 Å². The van der Waals surface area contributed by atoms with Crippen LogP contribution in [0.3, 0.4) is 0 Å². The highest BCUT2D eigenvalue weighted by molar-refractivity contribution is 5.89. The fourth-order valence-corrected chi connectivity index (χ4v) is 1.74. The predicted octanol–water partition coefficient (Wildman–Crippen LogP) is -0.894. The third-order valence-electron chi connectivity index (χ3n) is 2.50. The summed E-state index contributed by atoms with van der Waals surface area (Å²) in [5.41, 5.74) is 0.267. The van der Waals surface area contributed by atoms with Gasteiger partial charge in [0, 0.05) is 18.9 Å². The van der Waals surface area contributed by atoms with Gasteiger partial charge in [-0.15, -0.1) is 0 Å². The van der Waals surface area contributed by atoms with Gasteiger partial charge in [-0.1, -0.05) is 0 Å². The van der Waals surface area contributed by atoms with E-state index < -0.39 is 24.2 Å². The third-order valence-corrected chi connectivity index (χ3v) is 2.50. The summed E-state index contributed by atoms with van der Waals surface area (Å²) in [4.78, 5) is 22.4. The van der Waals surface area contributed by atoms with Gasteiger partial charge in [-0.3, -0.25) is 4.79 Å². The standard InChI is InChI=1S/C11H17NO5/c1-3-17-11(16)7-4-8(12-6(2)13)10(15)9(14)5-7/h5,8-10,14-15H,3-4H2,1-2H3,(H,12,13)/t8-,9-,10+/m1/s1. The Kier molecular flexibility index (Phi) is 4.65. The average molecular weight is 243 g/mol. The molecule has 3 atom stereocenters. The molecule has 0 saturated carbocycles. The lowest BCUT2D eigenvalue weighted by molar-refractivity contribution is -0.139. The van der Waals surface area contributed by atoms with Crippen molar-refractivity contribution < 1.29 is 24.5 Å². The Morgan fingerprint density at radius 1 is 1.53 bits per heavy atom. The van der Waals surface area contributed by atoms with E-state index in [1.807, 2.05) is 0 Å². The Labute approximate surface area is 99.3 Å². The molecule has 6 heteroatoms. The number of amides is 1. The van der Waals surface area contributed by atoms with Gasteiger partial charge in [-0.05, 0) is 13.0 Å². The lowest BCUT2D eigenvalue weighted by atomic mass is 9.90. The molecule has 0 fully saturated rings. The highest BCUT2D eigenvalue weighted by Gasteiger charge is 2.33. The molecule has 0 bridgehead atoms. The second kappa shape index (κ2) is 5.79. The second-order valence-electron chi connectivity index (χ2n) is 3.90. The van der Waals surface area contributed by atoms with E-state index in [2.05, 4.69) is 5.32 Å². The fourth-order valence-electron chi connectivity index (χ4n) is 1.74. The lowest BCUT2D eigenvalue weighted by Crippen LogP contribution is -2.50. The molecule has 1 rings (SSSR count). The number of esters is 1. The Bertz CT molecular complexity index is 339. The van der Waals surface area contributed by atoms with Crippen molar-refractivity contribution in [2.24, 2.45) is 0 Å². The van der Waals surface area contributed by atoms with Crippen molar-refractivity contribution in [2.75, 3.05) is 6.61 Å².